The Morgan fingerprint density at radius 1 is 1.19 bits per heavy atom. The van der Waals surface area contributed by atoms with Crippen molar-refractivity contribution in [3.8, 4) is 17.0 Å². The molecule has 0 aliphatic carbocycles. The number of likely N-dealkylation sites (tertiary alicyclic amines) is 1. The van der Waals surface area contributed by atoms with Gasteiger partial charge in [0.1, 0.15) is 5.75 Å². The van der Waals surface area contributed by atoms with Crippen LogP contribution >= 0.6 is 0 Å². The third-order valence-electron chi connectivity index (χ3n) is 5.90. The van der Waals surface area contributed by atoms with Gasteiger partial charge < -0.3 is 19.7 Å². The first kappa shape index (κ1) is 21.1. The van der Waals surface area contributed by atoms with Crippen LogP contribution in [0.1, 0.15) is 37.2 Å². The number of hydrogen-bond acceptors (Lipinski definition) is 5. The van der Waals surface area contributed by atoms with Gasteiger partial charge in [0.15, 0.2) is 5.65 Å². The highest BCUT2D eigenvalue weighted by molar-refractivity contribution is 5.87. The number of phenolic OH excluding ortho intramolecular Hbond substituents is 1. The Kier molecular flexibility index (Phi) is 6.62. The van der Waals surface area contributed by atoms with Gasteiger partial charge in [0.2, 0.25) is 5.91 Å². The van der Waals surface area contributed by atoms with Crippen molar-refractivity contribution in [1.29, 1.82) is 0 Å². The van der Waals surface area contributed by atoms with E-state index in [0.29, 0.717) is 17.2 Å². The molecule has 2 saturated heterocycles. The predicted molar refractivity (Wildman–Crippen MR) is 120 cm³/mol. The van der Waals surface area contributed by atoms with E-state index in [9.17, 15) is 9.90 Å². The fraction of sp³-hybridized carbons (Fsp3) is 0.375. The molecule has 0 spiro atoms. The molecule has 2 N–H and O–H groups in total. The van der Waals surface area contributed by atoms with Crippen molar-refractivity contribution in [3.63, 3.8) is 0 Å². The van der Waals surface area contributed by atoms with Crippen LogP contribution in [0.3, 0.4) is 0 Å². The lowest BCUT2D eigenvalue weighted by Gasteiger charge is -2.21. The molecule has 1 amide bonds. The molecule has 5 rings (SSSR count). The molecule has 2 aliphatic heterocycles. The minimum Gasteiger partial charge on any atom is -0.507 e. The Balaban J connectivity index is 0.000000217. The summed E-state index contributed by atoms with van der Waals surface area (Å²) in [4.78, 5) is 15.9. The van der Waals surface area contributed by atoms with Gasteiger partial charge in [-0.05, 0) is 61.4 Å². The van der Waals surface area contributed by atoms with Gasteiger partial charge in [-0.1, -0.05) is 18.7 Å². The number of fused-ring (bicyclic) bond motifs is 1. The summed E-state index contributed by atoms with van der Waals surface area (Å²) in [5, 5.41) is 19.6. The van der Waals surface area contributed by atoms with Gasteiger partial charge in [-0.15, -0.1) is 10.2 Å². The number of ether oxygens (including phenoxy) is 1. The van der Waals surface area contributed by atoms with E-state index < -0.39 is 0 Å². The molecule has 162 valence electrons. The van der Waals surface area contributed by atoms with E-state index in [1.165, 1.54) is 11.6 Å². The zero-order valence-electron chi connectivity index (χ0n) is 17.6. The van der Waals surface area contributed by atoms with Crippen LogP contribution in [-0.2, 0) is 9.53 Å². The van der Waals surface area contributed by atoms with Crippen LogP contribution in [0.4, 0.5) is 0 Å². The molecule has 0 radical (unpaired) electrons. The van der Waals surface area contributed by atoms with E-state index >= 15 is 0 Å². The molecular weight excluding hydrogens is 392 g/mol. The smallest absolute Gasteiger partial charge is 0.245 e. The maximum absolute atomic E-state index is 10.8. The fourth-order valence-corrected chi connectivity index (χ4v) is 4.18. The van der Waals surface area contributed by atoms with Gasteiger partial charge >= 0.3 is 0 Å². The number of carbonyl (C=O) groups excluding carboxylic acids is 1. The van der Waals surface area contributed by atoms with Gasteiger partial charge in [-0.25, -0.2) is 0 Å². The zero-order chi connectivity index (χ0) is 21.6. The van der Waals surface area contributed by atoms with Gasteiger partial charge in [-0.2, -0.15) is 0 Å². The summed E-state index contributed by atoms with van der Waals surface area (Å²) in [5.41, 5.74) is 3.46. The van der Waals surface area contributed by atoms with Gasteiger partial charge in [0.25, 0.3) is 0 Å². The first-order chi connectivity index (χ1) is 15.2. The second-order valence-corrected chi connectivity index (χ2v) is 7.88. The lowest BCUT2D eigenvalue weighted by molar-refractivity contribution is -0.124. The highest BCUT2D eigenvalue weighted by atomic mass is 16.5. The summed E-state index contributed by atoms with van der Waals surface area (Å²) < 4.78 is 5.45. The molecule has 3 aromatic rings. The minimum absolute atomic E-state index is 0.0764. The summed E-state index contributed by atoms with van der Waals surface area (Å²) in [5.74, 6) is 0.788. The molecule has 0 unspecified atom stereocenters. The number of nitrogens with one attached hydrogen (secondary N) is 1. The average Bonchev–Trinajstić information content (AvgIpc) is 3.50. The Morgan fingerprint density at radius 2 is 1.94 bits per heavy atom. The largest absolute Gasteiger partial charge is 0.507 e. The van der Waals surface area contributed by atoms with Crippen molar-refractivity contribution < 1.29 is 14.6 Å². The second kappa shape index (κ2) is 9.75. The van der Waals surface area contributed by atoms with E-state index in [2.05, 4.69) is 21.8 Å². The lowest BCUT2D eigenvalue weighted by Crippen LogP contribution is -2.25. The minimum atomic E-state index is 0.0764. The number of aromatic hydroxyl groups is 1. The van der Waals surface area contributed by atoms with Crippen LogP contribution in [0.2, 0.25) is 0 Å². The predicted octanol–water partition coefficient (Wildman–Crippen LogP) is 4.02. The van der Waals surface area contributed by atoms with Crippen molar-refractivity contribution in [2.75, 3.05) is 26.3 Å². The fourth-order valence-electron chi connectivity index (χ4n) is 4.18. The van der Waals surface area contributed by atoms with Crippen LogP contribution in [0.5, 0.6) is 5.75 Å². The number of hydrogen-bond donors (Lipinski definition) is 2. The number of carbonyl (C=O) groups is 1. The Hall–Kier alpha value is -3.19. The number of nitrogens with zero attached hydrogens (tertiary/aromatic N) is 3. The van der Waals surface area contributed by atoms with Crippen LogP contribution in [0.15, 0.2) is 49.2 Å². The van der Waals surface area contributed by atoms with Crippen molar-refractivity contribution in [3.05, 3.63) is 54.7 Å². The third-order valence-corrected chi connectivity index (χ3v) is 5.90. The Bertz CT molecular complexity index is 1050. The molecule has 0 saturated carbocycles. The van der Waals surface area contributed by atoms with E-state index in [0.717, 1.165) is 63.0 Å². The second-order valence-electron chi connectivity index (χ2n) is 7.88. The van der Waals surface area contributed by atoms with Crippen molar-refractivity contribution in [1.82, 2.24) is 20.1 Å². The normalized spacial score (nSPS) is 16.7. The molecule has 31 heavy (non-hydrogen) atoms. The summed E-state index contributed by atoms with van der Waals surface area (Å²) in [6, 6.07) is 9.22. The summed E-state index contributed by atoms with van der Waals surface area (Å²) in [6.07, 6.45) is 7.77. The molecule has 4 heterocycles. The van der Waals surface area contributed by atoms with Crippen LogP contribution in [0, 0.1) is 0 Å². The van der Waals surface area contributed by atoms with Gasteiger partial charge in [0.05, 0.1) is 5.69 Å². The Labute approximate surface area is 181 Å². The highest BCUT2D eigenvalue weighted by Gasteiger charge is 2.20. The number of aromatic amines is 1. The summed E-state index contributed by atoms with van der Waals surface area (Å²) >= 11 is 0. The highest BCUT2D eigenvalue weighted by Crippen LogP contribution is 2.34. The van der Waals surface area contributed by atoms with Crippen LogP contribution in [-0.4, -0.2) is 57.4 Å². The van der Waals surface area contributed by atoms with Gasteiger partial charge in [0, 0.05) is 43.4 Å². The molecule has 7 heteroatoms. The van der Waals surface area contributed by atoms with Crippen molar-refractivity contribution in [2.24, 2.45) is 0 Å². The van der Waals surface area contributed by atoms with E-state index in [-0.39, 0.29) is 11.7 Å². The number of benzene rings is 1. The molecule has 2 aromatic heterocycles. The van der Waals surface area contributed by atoms with Crippen LogP contribution in [0.25, 0.3) is 22.3 Å². The first-order valence-corrected chi connectivity index (χ1v) is 10.8. The maximum atomic E-state index is 10.8. The molecule has 1 aromatic carbocycles. The quantitative estimate of drug-likeness (QED) is 0.625. The number of aromatic nitrogens is 3. The molecule has 0 atom stereocenters. The number of rotatable bonds is 3. The third kappa shape index (κ3) is 4.77. The lowest BCUT2D eigenvalue weighted by atomic mass is 9.91. The Morgan fingerprint density at radius 3 is 2.65 bits per heavy atom. The summed E-state index contributed by atoms with van der Waals surface area (Å²) in [6.45, 7) is 6.87. The average molecular weight is 421 g/mol. The molecule has 7 nitrogen and oxygen atoms in total. The molecule has 2 aliphatic rings. The monoisotopic (exact) mass is 420 g/mol. The van der Waals surface area contributed by atoms with Crippen LogP contribution < -0.4 is 0 Å². The summed E-state index contributed by atoms with van der Waals surface area (Å²) in [7, 11) is 0. The molecule has 0 bridgehead atoms. The van der Waals surface area contributed by atoms with E-state index in [1.54, 1.807) is 12.1 Å². The van der Waals surface area contributed by atoms with E-state index in [4.69, 9.17) is 4.74 Å². The number of phenols is 1. The molecular formula is C24H28N4O3. The number of amides is 1. The standard InChI is InChI=1S/C17H17N3O2.C7H11NO/c21-16-4-2-1-3-12(16)15-9-13-14(10-18-17(13)20-19-15)11-5-7-22-8-6-11;1-2-7(9)8-5-3-4-6-8/h1-4,9-11,21H,5-8H2,(H,18,20);2H,1,3-6H2. The van der Waals surface area contributed by atoms with E-state index in [1.807, 2.05) is 29.3 Å². The number of H-pyrrole nitrogens is 1. The maximum Gasteiger partial charge on any atom is 0.245 e. The zero-order valence-corrected chi connectivity index (χ0v) is 17.6. The van der Waals surface area contributed by atoms with Gasteiger partial charge in [-0.3, -0.25) is 4.79 Å². The van der Waals surface area contributed by atoms with Crippen molar-refractivity contribution in [2.45, 2.75) is 31.6 Å². The molecule has 2 fully saturated rings. The number of para-hydroxylation sites is 1. The topological polar surface area (TPSA) is 91.3 Å². The van der Waals surface area contributed by atoms with Crippen molar-refractivity contribution >= 4 is 16.9 Å². The SMILES string of the molecule is C=CC(=O)N1CCCC1.Oc1ccccc1-c1cc2c(C3CCOCC3)c[nH]c2nn1. The first-order valence-electron chi connectivity index (χ1n) is 10.8.